The molecule has 4 rings (SSSR count). The van der Waals surface area contributed by atoms with Crippen molar-refractivity contribution in [1.82, 2.24) is 25.5 Å². The summed E-state index contributed by atoms with van der Waals surface area (Å²) in [4.78, 5) is 34.8. The second kappa shape index (κ2) is 8.16. The molecule has 0 aliphatic carbocycles. The maximum Gasteiger partial charge on any atom is 0.244 e. The fourth-order valence-corrected chi connectivity index (χ4v) is 4.50. The normalized spacial score (nSPS) is 18.9. The van der Waals surface area contributed by atoms with Crippen molar-refractivity contribution >= 4 is 23.4 Å². The smallest absolute Gasteiger partial charge is 0.244 e. The molecule has 7 nitrogen and oxygen atoms in total. The van der Waals surface area contributed by atoms with Gasteiger partial charge in [0.15, 0.2) is 0 Å². The van der Waals surface area contributed by atoms with Gasteiger partial charge in [-0.25, -0.2) is 4.98 Å². The number of carbonyl (C=O) groups is 2. The van der Waals surface area contributed by atoms with Crippen LogP contribution in [0, 0.1) is 0 Å². The molecule has 1 fully saturated rings. The number of nitrogens with zero attached hydrogens (tertiary/aromatic N) is 2. The van der Waals surface area contributed by atoms with E-state index in [1.165, 1.54) is 5.69 Å². The molecule has 2 aliphatic rings. The number of hydrogen-bond donors (Lipinski definition) is 3. The molecule has 1 spiro atoms. The van der Waals surface area contributed by atoms with Crippen molar-refractivity contribution < 1.29 is 9.59 Å². The molecule has 1 saturated heterocycles. The first kappa shape index (κ1) is 19.9. The number of piperidine rings is 1. The van der Waals surface area contributed by atoms with Gasteiger partial charge in [-0.1, -0.05) is 23.7 Å². The molecule has 2 amide bonds. The number of aromatic nitrogens is 2. The number of halogens is 1. The lowest BCUT2D eigenvalue weighted by molar-refractivity contribution is -0.137. The molecule has 3 heterocycles. The number of aromatic amines is 1. The molecule has 1 unspecified atom stereocenters. The molecule has 0 saturated carbocycles. The van der Waals surface area contributed by atoms with Gasteiger partial charge in [0.25, 0.3) is 0 Å². The van der Waals surface area contributed by atoms with Crippen LogP contribution in [0.1, 0.15) is 36.7 Å². The number of benzene rings is 1. The van der Waals surface area contributed by atoms with Crippen LogP contribution in [0.4, 0.5) is 0 Å². The van der Waals surface area contributed by atoms with E-state index < -0.39 is 6.04 Å². The fourth-order valence-electron chi connectivity index (χ4n) is 4.37. The molecule has 2 aromatic rings. The van der Waals surface area contributed by atoms with Gasteiger partial charge in [0, 0.05) is 36.8 Å². The van der Waals surface area contributed by atoms with E-state index in [1.807, 2.05) is 17.0 Å². The molecule has 2 aliphatic heterocycles. The molecular formula is C21H26ClN5O2. The Hall–Kier alpha value is -2.38. The van der Waals surface area contributed by atoms with Gasteiger partial charge >= 0.3 is 0 Å². The van der Waals surface area contributed by atoms with E-state index in [2.05, 4.69) is 20.6 Å². The van der Waals surface area contributed by atoms with Crippen molar-refractivity contribution in [2.45, 2.75) is 44.2 Å². The number of likely N-dealkylation sites (tertiary alicyclic amines) is 1. The zero-order valence-electron chi connectivity index (χ0n) is 16.5. The van der Waals surface area contributed by atoms with Gasteiger partial charge in [-0.3, -0.25) is 9.59 Å². The van der Waals surface area contributed by atoms with Crippen molar-refractivity contribution in [2.75, 3.05) is 19.6 Å². The molecule has 0 bridgehead atoms. The summed E-state index contributed by atoms with van der Waals surface area (Å²) in [5, 5.41) is 7.09. The van der Waals surface area contributed by atoms with E-state index in [1.54, 1.807) is 25.4 Å². The third kappa shape index (κ3) is 4.16. The lowest BCUT2D eigenvalue weighted by atomic mass is 9.80. The van der Waals surface area contributed by atoms with Gasteiger partial charge in [-0.15, -0.1) is 0 Å². The first-order chi connectivity index (χ1) is 14.0. The number of H-pyrrole nitrogens is 1. The highest BCUT2D eigenvalue weighted by Crippen LogP contribution is 2.35. The van der Waals surface area contributed by atoms with Crippen molar-refractivity contribution in [3.8, 4) is 0 Å². The zero-order chi connectivity index (χ0) is 20.4. The standard InChI is InChI=1S/C21H26ClN5O2/c1-14(26-18(28)12-15-2-4-16(22)5-3-15)20(29)27-10-7-21(8-11-27)19-17(6-9-25-21)23-13-24-19/h2-5,13-14,25H,6-12H2,1H3,(H,23,24)(H,26,28). The Morgan fingerprint density at radius 2 is 2.00 bits per heavy atom. The van der Waals surface area contributed by atoms with Crippen LogP contribution in [0.15, 0.2) is 30.6 Å². The minimum Gasteiger partial charge on any atom is -0.348 e. The summed E-state index contributed by atoms with van der Waals surface area (Å²) in [6, 6.07) is 6.60. The van der Waals surface area contributed by atoms with Gasteiger partial charge in [0.05, 0.1) is 24.0 Å². The Kier molecular flexibility index (Phi) is 5.61. The second-order valence-corrected chi connectivity index (χ2v) is 8.34. The van der Waals surface area contributed by atoms with Crippen LogP contribution < -0.4 is 10.6 Å². The second-order valence-electron chi connectivity index (χ2n) is 7.91. The highest BCUT2D eigenvalue weighted by atomic mass is 35.5. The molecule has 29 heavy (non-hydrogen) atoms. The summed E-state index contributed by atoms with van der Waals surface area (Å²) < 4.78 is 0. The molecular weight excluding hydrogens is 390 g/mol. The predicted molar refractivity (Wildman–Crippen MR) is 111 cm³/mol. The van der Waals surface area contributed by atoms with Gasteiger partial charge in [0.1, 0.15) is 6.04 Å². The van der Waals surface area contributed by atoms with Crippen LogP contribution in [0.3, 0.4) is 0 Å². The van der Waals surface area contributed by atoms with E-state index in [0.29, 0.717) is 18.1 Å². The summed E-state index contributed by atoms with van der Waals surface area (Å²) in [6.45, 7) is 3.96. The maximum atomic E-state index is 12.8. The monoisotopic (exact) mass is 415 g/mol. The first-order valence-electron chi connectivity index (χ1n) is 10.1. The Labute approximate surface area is 175 Å². The van der Waals surface area contributed by atoms with E-state index in [-0.39, 0.29) is 23.8 Å². The van der Waals surface area contributed by atoms with Crippen LogP contribution in [0.25, 0.3) is 0 Å². The summed E-state index contributed by atoms with van der Waals surface area (Å²) in [5.74, 6) is -0.209. The summed E-state index contributed by atoms with van der Waals surface area (Å²) in [5.41, 5.74) is 3.02. The van der Waals surface area contributed by atoms with Gasteiger partial charge < -0.3 is 20.5 Å². The minimum atomic E-state index is -0.552. The van der Waals surface area contributed by atoms with E-state index >= 15 is 0 Å². The largest absolute Gasteiger partial charge is 0.348 e. The number of fused-ring (bicyclic) bond motifs is 2. The lowest BCUT2D eigenvalue weighted by Crippen LogP contribution is -2.57. The van der Waals surface area contributed by atoms with Crippen molar-refractivity contribution in [1.29, 1.82) is 0 Å². The van der Waals surface area contributed by atoms with Gasteiger partial charge in [-0.05, 0) is 37.5 Å². The minimum absolute atomic E-state index is 0.0395. The Morgan fingerprint density at radius 3 is 2.72 bits per heavy atom. The Balaban J connectivity index is 1.31. The van der Waals surface area contributed by atoms with E-state index in [0.717, 1.165) is 37.1 Å². The van der Waals surface area contributed by atoms with E-state index in [9.17, 15) is 9.59 Å². The van der Waals surface area contributed by atoms with Crippen LogP contribution in [0.2, 0.25) is 5.02 Å². The number of nitrogens with one attached hydrogen (secondary N) is 3. The van der Waals surface area contributed by atoms with E-state index in [4.69, 9.17) is 11.6 Å². The lowest BCUT2D eigenvalue weighted by Gasteiger charge is -2.44. The molecule has 1 aromatic heterocycles. The third-order valence-electron chi connectivity index (χ3n) is 5.96. The SMILES string of the molecule is CC(NC(=O)Cc1ccc(Cl)cc1)C(=O)N1CCC2(CC1)NCCc1[nH]cnc12. The highest BCUT2D eigenvalue weighted by Gasteiger charge is 2.42. The molecule has 8 heteroatoms. The highest BCUT2D eigenvalue weighted by molar-refractivity contribution is 6.30. The van der Waals surface area contributed by atoms with Crippen LogP contribution in [0.5, 0.6) is 0 Å². The van der Waals surface area contributed by atoms with Gasteiger partial charge in [0.2, 0.25) is 11.8 Å². The number of carbonyl (C=O) groups excluding carboxylic acids is 2. The first-order valence-corrected chi connectivity index (χ1v) is 10.4. The zero-order valence-corrected chi connectivity index (χ0v) is 17.3. The maximum absolute atomic E-state index is 12.8. The number of amides is 2. The van der Waals surface area contributed by atoms with Crippen LogP contribution in [-0.4, -0.2) is 52.4 Å². The predicted octanol–water partition coefficient (Wildman–Crippen LogP) is 1.77. The fraction of sp³-hybridized carbons (Fsp3) is 0.476. The Morgan fingerprint density at radius 1 is 1.28 bits per heavy atom. The van der Waals surface area contributed by atoms with Crippen molar-refractivity contribution in [3.05, 3.63) is 52.6 Å². The molecule has 3 N–H and O–H groups in total. The van der Waals surface area contributed by atoms with Crippen molar-refractivity contribution in [3.63, 3.8) is 0 Å². The van der Waals surface area contributed by atoms with Crippen LogP contribution in [-0.2, 0) is 28.0 Å². The average Bonchev–Trinajstić information content (AvgIpc) is 3.20. The summed E-state index contributed by atoms with van der Waals surface area (Å²) in [7, 11) is 0. The van der Waals surface area contributed by atoms with Crippen LogP contribution >= 0.6 is 11.6 Å². The number of hydrogen-bond acceptors (Lipinski definition) is 4. The summed E-state index contributed by atoms with van der Waals surface area (Å²) >= 11 is 5.87. The number of rotatable bonds is 4. The van der Waals surface area contributed by atoms with Crippen molar-refractivity contribution in [2.24, 2.45) is 0 Å². The topological polar surface area (TPSA) is 90.1 Å². The quantitative estimate of drug-likeness (QED) is 0.710. The average molecular weight is 416 g/mol. The summed E-state index contributed by atoms with van der Waals surface area (Å²) in [6.07, 6.45) is 4.58. The number of imidazole rings is 1. The molecule has 1 atom stereocenters. The molecule has 0 radical (unpaired) electrons. The Bertz CT molecular complexity index is 887. The van der Waals surface area contributed by atoms with Gasteiger partial charge in [-0.2, -0.15) is 0 Å². The molecule has 1 aromatic carbocycles. The molecule has 154 valence electrons. The third-order valence-corrected chi connectivity index (χ3v) is 6.22.